The van der Waals surface area contributed by atoms with Gasteiger partial charge in [0.15, 0.2) is 0 Å². The summed E-state index contributed by atoms with van der Waals surface area (Å²) in [5.41, 5.74) is 7.23. The standard InChI is InChI=1S/C15H19N3O2/c1-11(16)7-8-14(19)17-9-13-10-20-15(18-13)12-5-3-2-4-6-12/h2-6,10-11H,7-9,16H2,1H3,(H,17,19). The fourth-order valence-electron chi connectivity index (χ4n) is 1.74. The van der Waals surface area contributed by atoms with Crippen LogP contribution < -0.4 is 11.1 Å². The van der Waals surface area contributed by atoms with Gasteiger partial charge in [0.2, 0.25) is 11.8 Å². The predicted octanol–water partition coefficient (Wildman–Crippen LogP) is 2.09. The molecule has 0 radical (unpaired) electrons. The number of hydrogen-bond donors (Lipinski definition) is 2. The average Bonchev–Trinajstić information content (AvgIpc) is 2.93. The molecule has 0 spiro atoms. The maximum absolute atomic E-state index is 11.6. The topological polar surface area (TPSA) is 81.2 Å². The summed E-state index contributed by atoms with van der Waals surface area (Å²) in [5, 5.41) is 2.80. The molecule has 2 rings (SSSR count). The minimum absolute atomic E-state index is 0.0217. The first-order valence-electron chi connectivity index (χ1n) is 6.67. The number of oxazole rings is 1. The third kappa shape index (κ3) is 4.20. The molecule has 3 N–H and O–H groups in total. The van der Waals surface area contributed by atoms with E-state index in [1.807, 2.05) is 37.3 Å². The van der Waals surface area contributed by atoms with Crippen molar-refractivity contribution >= 4 is 5.91 Å². The highest BCUT2D eigenvalue weighted by molar-refractivity contribution is 5.75. The molecule has 0 aliphatic heterocycles. The Balaban J connectivity index is 1.86. The lowest BCUT2D eigenvalue weighted by atomic mass is 10.2. The Hall–Kier alpha value is -2.14. The van der Waals surface area contributed by atoms with E-state index in [1.165, 1.54) is 0 Å². The van der Waals surface area contributed by atoms with Gasteiger partial charge in [0, 0.05) is 18.0 Å². The van der Waals surface area contributed by atoms with Gasteiger partial charge in [-0.2, -0.15) is 0 Å². The maximum Gasteiger partial charge on any atom is 0.226 e. The zero-order valence-electron chi connectivity index (χ0n) is 11.5. The molecule has 1 aromatic heterocycles. The second kappa shape index (κ2) is 6.86. The molecule has 1 heterocycles. The van der Waals surface area contributed by atoms with Crippen LogP contribution in [0.1, 0.15) is 25.5 Å². The molecular weight excluding hydrogens is 254 g/mol. The van der Waals surface area contributed by atoms with Crippen molar-refractivity contribution in [3.8, 4) is 11.5 Å². The van der Waals surface area contributed by atoms with Gasteiger partial charge in [-0.25, -0.2) is 4.98 Å². The molecule has 0 bridgehead atoms. The summed E-state index contributed by atoms with van der Waals surface area (Å²) >= 11 is 0. The highest BCUT2D eigenvalue weighted by Crippen LogP contribution is 2.17. The van der Waals surface area contributed by atoms with E-state index >= 15 is 0 Å². The van der Waals surface area contributed by atoms with Gasteiger partial charge in [0.1, 0.15) is 6.26 Å². The molecule has 5 heteroatoms. The van der Waals surface area contributed by atoms with Crippen LogP contribution in [0.5, 0.6) is 0 Å². The fraction of sp³-hybridized carbons (Fsp3) is 0.333. The number of amides is 1. The predicted molar refractivity (Wildman–Crippen MR) is 76.7 cm³/mol. The van der Waals surface area contributed by atoms with E-state index < -0.39 is 0 Å². The summed E-state index contributed by atoms with van der Waals surface area (Å²) in [7, 11) is 0. The van der Waals surface area contributed by atoms with E-state index in [0.717, 1.165) is 5.56 Å². The molecule has 1 atom stereocenters. The molecular formula is C15H19N3O2. The summed E-state index contributed by atoms with van der Waals surface area (Å²) in [6.07, 6.45) is 2.68. The van der Waals surface area contributed by atoms with Gasteiger partial charge >= 0.3 is 0 Å². The quantitative estimate of drug-likeness (QED) is 0.844. The van der Waals surface area contributed by atoms with Crippen LogP contribution in [-0.4, -0.2) is 16.9 Å². The second-order valence-corrected chi connectivity index (χ2v) is 4.80. The molecule has 0 aliphatic rings. The summed E-state index contributed by atoms with van der Waals surface area (Å²) in [6, 6.07) is 9.68. The number of hydrogen-bond acceptors (Lipinski definition) is 4. The number of benzene rings is 1. The second-order valence-electron chi connectivity index (χ2n) is 4.80. The molecule has 1 aromatic carbocycles. The van der Waals surface area contributed by atoms with Crippen molar-refractivity contribution in [3.05, 3.63) is 42.3 Å². The highest BCUT2D eigenvalue weighted by atomic mass is 16.3. The minimum atomic E-state index is -0.0217. The van der Waals surface area contributed by atoms with Crippen LogP contribution in [-0.2, 0) is 11.3 Å². The Morgan fingerprint density at radius 3 is 2.85 bits per heavy atom. The zero-order chi connectivity index (χ0) is 14.4. The number of nitrogens with two attached hydrogens (primary N) is 1. The lowest BCUT2D eigenvalue weighted by molar-refractivity contribution is -0.121. The van der Waals surface area contributed by atoms with Crippen LogP contribution in [0.25, 0.3) is 11.5 Å². The van der Waals surface area contributed by atoms with Crippen molar-refractivity contribution < 1.29 is 9.21 Å². The van der Waals surface area contributed by atoms with Crippen molar-refractivity contribution in [2.45, 2.75) is 32.4 Å². The summed E-state index contributed by atoms with van der Waals surface area (Å²) in [5.74, 6) is 0.539. The molecule has 5 nitrogen and oxygen atoms in total. The summed E-state index contributed by atoms with van der Waals surface area (Å²) < 4.78 is 5.40. The lowest BCUT2D eigenvalue weighted by Gasteiger charge is -2.05. The smallest absolute Gasteiger partial charge is 0.226 e. The first-order chi connectivity index (χ1) is 9.65. The minimum Gasteiger partial charge on any atom is -0.444 e. The van der Waals surface area contributed by atoms with Crippen LogP contribution in [0.4, 0.5) is 0 Å². The Labute approximate surface area is 118 Å². The highest BCUT2D eigenvalue weighted by Gasteiger charge is 2.08. The summed E-state index contributed by atoms with van der Waals surface area (Å²) in [6.45, 7) is 2.26. The largest absolute Gasteiger partial charge is 0.444 e. The van der Waals surface area contributed by atoms with E-state index in [0.29, 0.717) is 31.0 Å². The van der Waals surface area contributed by atoms with Crippen molar-refractivity contribution in [1.82, 2.24) is 10.3 Å². The number of carbonyl (C=O) groups excluding carboxylic acids is 1. The van der Waals surface area contributed by atoms with E-state index in [4.69, 9.17) is 10.2 Å². The number of nitrogens with zero attached hydrogens (tertiary/aromatic N) is 1. The number of aromatic nitrogens is 1. The Kier molecular flexibility index (Phi) is 4.90. The maximum atomic E-state index is 11.6. The van der Waals surface area contributed by atoms with E-state index in [1.54, 1.807) is 6.26 Å². The molecule has 0 aliphatic carbocycles. The SMILES string of the molecule is CC(N)CCC(=O)NCc1coc(-c2ccccc2)n1. The fourth-order valence-corrected chi connectivity index (χ4v) is 1.74. The molecule has 20 heavy (non-hydrogen) atoms. The molecule has 0 saturated carbocycles. The van der Waals surface area contributed by atoms with Crippen molar-refractivity contribution in [2.75, 3.05) is 0 Å². The Morgan fingerprint density at radius 1 is 1.40 bits per heavy atom. The molecule has 1 amide bonds. The monoisotopic (exact) mass is 273 g/mol. The zero-order valence-corrected chi connectivity index (χ0v) is 11.5. The Bertz CT molecular complexity index is 549. The van der Waals surface area contributed by atoms with Crippen LogP contribution >= 0.6 is 0 Å². The van der Waals surface area contributed by atoms with Gasteiger partial charge in [-0.1, -0.05) is 18.2 Å². The normalized spacial score (nSPS) is 12.1. The molecule has 106 valence electrons. The van der Waals surface area contributed by atoms with Crippen molar-refractivity contribution in [3.63, 3.8) is 0 Å². The average molecular weight is 273 g/mol. The van der Waals surface area contributed by atoms with E-state index in [2.05, 4.69) is 10.3 Å². The van der Waals surface area contributed by atoms with E-state index in [-0.39, 0.29) is 11.9 Å². The number of carbonyl (C=O) groups is 1. The molecule has 2 aromatic rings. The van der Waals surface area contributed by atoms with Gasteiger partial charge in [-0.05, 0) is 25.5 Å². The van der Waals surface area contributed by atoms with Crippen LogP contribution in [0, 0.1) is 0 Å². The van der Waals surface area contributed by atoms with Crippen molar-refractivity contribution in [1.29, 1.82) is 0 Å². The van der Waals surface area contributed by atoms with Crippen LogP contribution in [0.15, 0.2) is 41.0 Å². The van der Waals surface area contributed by atoms with Gasteiger partial charge in [0.25, 0.3) is 0 Å². The van der Waals surface area contributed by atoms with Gasteiger partial charge < -0.3 is 15.5 Å². The number of rotatable bonds is 6. The molecule has 0 saturated heterocycles. The third-order valence-electron chi connectivity index (χ3n) is 2.87. The first-order valence-corrected chi connectivity index (χ1v) is 6.67. The number of nitrogens with one attached hydrogen (secondary N) is 1. The van der Waals surface area contributed by atoms with Gasteiger partial charge in [0.05, 0.1) is 12.2 Å². The van der Waals surface area contributed by atoms with Crippen LogP contribution in [0.2, 0.25) is 0 Å². The Morgan fingerprint density at radius 2 is 2.15 bits per heavy atom. The van der Waals surface area contributed by atoms with Crippen molar-refractivity contribution in [2.24, 2.45) is 5.73 Å². The van der Waals surface area contributed by atoms with Gasteiger partial charge in [-0.3, -0.25) is 4.79 Å². The molecule has 1 unspecified atom stereocenters. The van der Waals surface area contributed by atoms with Gasteiger partial charge in [-0.15, -0.1) is 0 Å². The third-order valence-corrected chi connectivity index (χ3v) is 2.87. The summed E-state index contributed by atoms with van der Waals surface area (Å²) in [4.78, 5) is 15.9. The molecule has 0 fully saturated rings. The first kappa shape index (κ1) is 14.3. The lowest BCUT2D eigenvalue weighted by Crippen LogP contribution is -2.25. The van der Waals surface area contributed by atoms with E-state index in [9.17, 15) is 4.79 Å². The van der Waals surface area contributed by atoms with Crippen LogP contribution in [0.3, 0.4) is 0 Å².